The number of aryl methyl sites for hydroxylation is 2. The third-order valence-electron chi connectivity index (χ3n) is 7.06. The summed E-state index contributed by atoms with van der Waals surface area (Å²) in [4.78, 5) is 0. The molecule has 6 rings (SSSR count). The highest BCUT2D eigenvalue weighted by Crippen LogP contribution is 2.39. The fraction of sp³-hybridized carbons (Fsp3) is 0.121. The maximum atomic E-state index is 10.4. The quantitative estimate of drug-likeness (QED) is 0.255. The number of nitrogens with zero attached hydrogens (tertiary/aromatic N) is 3. The SMILES string of the molecule is Cc1ccc(Cn2cc(-c3c(C#N)c4ccccc4n3Cc3ccc(C)cc3)c3ccccc32)cc1. The lowest BCUT2D eigenvalue weighted by atomic mass is 10.1. The Morgan fingerprint density at radius 3 is 1.83 bits per heavy atom. The molecule has 0 bridgehead atoms. The molecular weight excluding hydrogens is 438 g/mol. The van der Waals surface area contributed by atoms with Gasteiger partial charge in [-0.15, -0.1) is 0 Å². The standard InChI is InChI=1S/C33H27N3/c1-23-11-15-25(16-12-23)20-35-22-30(28-8-3-5-9-31(28)35)33-29(19-34)27-7-4-6-10-32(27)36(33)21-26-17-13-24(2)14-18-26/h3-18,22H,20-21H2,1-2H3. The molecule has 0 unspecified atom stereocenters. The second-order valence-electron chi connectivity index (χ2n) is 9.60. The van der Waals surface area contributed by atoms with Gasteiger partial charge in [0.05, 0.1) is 16.8 Å². The molecule has 0 saturated carbocycles. The van der Waals surface area contributed by atoms with Gasteiger partial charge in [-0.1, -0.05) is 96.1 Å². The second-order valence-corrected chi connectivity index (χ2v) is 9.60. The highest BCUT2D eigenvalue weighted by atomic mass is 15.0. The van der Waals surface area contributed by atoms with E-state index in [0.717, 1.165) is 39.7 Å². The molecule has 0 spiro atoms. The predicted octanol–water partition coefficient (Wildman–Crippen LogP) is 7.85. The zero-order chi connectivity index (χ0) is 24.6. The maximum absolute atomic E-state index is 10.4. The van der Waals surface area contributed by atoms with Crippen LogP contribution in [0.5, 0.6) is 0 Å². The zero-order valence-electron chi connectivity index (χ0n) is 20.6. The van der Waals surface area contributed by atoms with E-state index in [1.807, 2.05) is 6.07 Å². The van der Waals surface area contributed by atoms with E-state index in [2.05, 4.69) is 126 Å². The molecule has 0 aliphatic heterocycles. The van der Waals surface area contributed by atoms with Crippen LogP contribution < -0.4 is 0 Å². The third-order valence-corrected chi connectivity index (χ3v) is 7.06. The summed E-state index contributed by atoms with van der Waals surface area (Å²) in [6.07, 6.45) is 2.23. The van der Waals surface area contributed by atoms with Crippen LogP contribution in [0.2, 0.25) is 0 Å². The van der Waals surface area contributed by atoms with Gasteiger partial charge < -0.3 is 9.13 Å². The minimum Gasteiger partial charge on any atom is -0.342 e. The van der Waals surface area contributed by atoms with Gasteiger partial charge in [0.25, 0.3) is 0 Å². The van der Waals surface area contributed by atoms with Crippen molar-refractivity contribution in [2.75, 3.05) is 0 Å². The largest absolute Gasteiger partial charge is 0.342 e. The van der Waals surface area contributed by atoms with E-state index in [1.54, 1.807) is 0 Å². The summed E-state index contributed by atoms with van der Waals surface area (Å²) in [6, 6.07) is 36.7. The molecule has 0 amide bonds. The summed E-state index contributed by atoms with van der Waals surface area (Å²) in [5, 5.41) is 12.5. The molecule has 3 heteroatoms. The first-order valence-corrected chi connectivity index (χ1v) is 12.3. The Kier molecular flexibility index (Phi) is 5.43. The van der Waals surface area contributed by atoms with Crippen molar-refractivity contribution >= 4 is 21.8 Å². The molecule has 0 fully saturated rings. The van der Waals surface area contributed by atoms with Crippen LogP contribution in [-0.2, 0) is 13.1 Å². The van der Waals surface area contributed by atoms with Crippen molar-refractivity contribution in [2.45, 2.75) is 26.9 Å². The summed E-state index contributed by atoms with van der Waals surface area (Å²) in [7, 11) is 0. The van der Waals surface area contributed by atoms with Gasteiger partial charge in [0.2, 0.25) is 0 Å². The number of para-hydroxylation sites is 2. The number of fused-ring (bicyclic) bond motifs is 2. The predicted molar refractivity (Wildman–Crippen MR) is 148 cm³/mol. The van der Waals surface area contributed by atoms with Crippen molar-refractivity contribution < 1.29 is 0 Å². The second kappa shape index (κ2) is 8.91. The Morgan fingerprint density at radius 2 is 1.19 bits per heavy atom. The molecule has 4 aromatic carbocycles. The van der Waals surface area contributed by atoms with E-state index in [-0.39, 0.29) is 0 Å². The molecule has 0 N–H and O–H groups in total. The third kappa shape index (κ3) is 3.78. The van der Waals surface area contributed by atoms with Crippen LogP contribution >= 0.6 is 0 Å². The lowest BCUT2D eigenvalue weighted by Crippen LogP contribution is -2.02. The molecule has 36 heavy (non-hydrogen) atoms. The van der Waals surface area contributed by atoms with Gasteiger partial charge in [-0.3, -0.25) is 0 Å². The zero-order valence-corrected chi connectivity index (χ0v) is 20.6. The number of nitriles is 1. The monoisotopic (exact) mass is 465 g/mol. The summed E-state index contributed by atoms with van der Waals surface area (Å²) >= 11 is 0. The Hall–Kier alpha value is -4.55. The van der Waals surface area contributed by atoms with Crippen LogP contribution in [0, 0.1) is 25.2 Å². The Labute approximate surface area is 211 Å². The summed E-state index contributed by atoms with van der Waals surface area (Å²) < 4.78 is 4.63. The van der Waals surface area contributed by atoms with Crippen molar-refractivity contribution in [3.8, 4) is 17.3 Å². The summed E-state index contributed by atoms with van der Waals surface area (Å²) in [5.41, 5.74) is 10.0. The fourth-order valence-electron chi connectivity index (χ4n) is 5.19. The molecule has 3 nitrogen and oxygen atoms in total. The van der Waals surface area contributed by atoms with Gasteiger partial charge in [0.15, 0.2) is 0 Å². The molecule has 2 heterocycles. The molecular formula is C33H27N3. The van der Waals surface area contributed by atoms with Crippen molar-refractivity contribution in [3.63, 3.8) is 0 Å². The average molecular weight is 466 g/mol. The number of aromatic nitrogens is 2. The molecule has 0 aliphatic carbocycles. The lowest BCUT2D eigenvalue weighted by Gasteiger charge is -2.12. The Bertz CT molecular complexity index is 1740. The minimum atomic E-state index is 0.704. The Balaban J connectivity index is 1.58. The molecule has 0 saturated heterocycles. The van der Waals surface area contributed by atoms with E-state index in [1.165, 1.54) is 27.8 Å². The lowest BCUT2D eigenvalue weighted by molar-refractivity contribution is 0.828. The number of rotatable bonds is 5. The maximum Gasteiger partial charge on any atom is 0.102 e. The average Bonchev–Trinajstić information content (AvgIpc) is 3.42. The van der Waals surface area contributed by atoms with Crippen LogP contribution in [0.4, 0.5) is 0 Å². The van der Waals surface area contributed by atoms with Crippen LogP contribution in [0.1, 0.15) is 27.8 Å². The first-order valence-electron chi connectivity index (χ1n) is 12.3. The minimum absolute atomic E-state index is 0.704. The van der Waals surface area contributed by atoms with Gasteiger partial charge in [0, 0.05) is 41.1 Å². The van der Waals surface area contributed by atoms with Crippen LogP contribution in [0.3, 0.4) is 0 Å². The fourth-order valence-corrected chi connectivity index (χ4v) is 5.19. The molecule has 0 atom stereocenters. The van der Waals surface area contributed by atoms with Gasteiger partial charge in [0.1, 0.15) is 6.07 Å². The number of benzene rings is 4. The summed E-state index contributed by atoms with van der Waals surface area (Å²) in [6.45, 7) is 5.70. The molecule has 0 aliphatic rings. The van der Waals surface area contributed by atoms with Crippen molar-refractivity contribution in [1.29, 1.82) is 5.26 Å². The smallest absolute Gasteiger partial charge is 0.102 e. The van der Waals surface area contributed by atoms with Crippen LogP contribution in [0.25, 0.3) is 33.1 Å². The highest BCUT2D eigenvalue weighted by Gasteiger charge is 2.22. The van der Waals surface area contributed by atoms with Crippen LogP contribution in [-0.4, -0.2) is 9.13 Å². The first-order chi connectivity index (χ1) is 17.6. The van der Waals surface area contributed by atoms with Gasteiger partial charge in [-0.05, 0) is 37.1 Å². The van der Waals surface area contributed by atoms with E-state index in [4.69, 9.17) is 0 Å². The van der Waals surface area contributed by atoms with Crippen molar-refractivity contribution in [1.82, 2.24) is 9.13 Å². The molecule has 6 aromatic rings. The molecule has 0 radical (unpaired) electrons. The van der Waals surface area contributed by atoms with E-state index in [9.17, 15) is 5.26 Å². The number of hydrogen-bond donors (Lipinski definition) is 0. The van der Waals surface area contributed by atoms with Crippen LogP contribution in [0.15, 0.2) is 103 Å². The first kappa shape index (κ1) is 21.9. The normalized spacial score (nSPS) is 11.2. The van der Waals surface area contributed by atoms with E-state index < -0.39 is 0 Å². The van der Waals surface area contributed by atoms with E-state index in [0.29, 0.717) is 6.54 Å². The summed E-state index contributed by atoms with van der Waals surface area (Å²) in [5.74, 6) is 0. The van der Waals surface area contributed by atoms with E-state index >= 15 is 0 Å². The van der Waals surface area contributed by atoms with Crippen molar-refractivity contribution in [3.05, 3.63) is 131 Å². The highest BCUT2D eigenvalue weighted by molar-refractivity contribution is 6.02. The van der Waals surface area contributed by atoms with Gasteiger partial charge >= 0.3 is 0 Å². The topological polar surface area (TPSA) is 33.6 Å². The van der Waals surface area contributed by atoms with Gasteiger partial charge in [-0.25, -0.2) is 0 Å². The van der Waals surface area contributed by atoms with Gasteiger partial charge in [-0.2, -0.15) is 5.26 Å². The number of hydrogen-bond acceptors (Lipinski definition) is 1. The Morgan fingerprint density at radius 1 is 0.639 bits per heavy atom. The van der Waals surface area contributed by atoms with Crippen molar-refractivity contribution in [2.24, 2.45) is 0 Å². The molecule has 174 valence electrons. The molecule has 2 aromatic heterocycles.